The van der Waals surface area contributed by atoms with Crippen LogP contribution in [0.2, 0.25) is 0 Å². The lowest BCUT2D eigenvalue weighted by atomic mass is 10.1. The number of H-pyrrole nitrogens is 1. The van der Waals surface area contributed by atoms with Crippen molar-refractivity contribution >= 4 is 5.65 Å². The Morgan fingerprint density at radius 3 is 2.75 bits per heavy atom. The number of nitrogens with zero attached hydrogens (tertiary/aromatic N) is 2. The van der Waals surface area contributed by atoms with Gasteiger partial charge in [-0.2, -0.15) is 0 Å². The quantitative estimate of drug-likeness (QED) is 0.757. The van der Waals surface area contributed by atoms with Crippen molar-refractivity contribution in [3.63, 3.8) is 0 Å². The van der Waals surface area contributed by atoms with E-state index < -0.39 is 0 Å². The molecule has 0 fully saturated rings. The van der Waals surface area contributed by atoms with Crippen LogP contribution in [0.25, 0.3) is 16.9 Å². The van der Waals surface area contributed by atoms with E-state index in [9.17, 15) is 4.79 Å². The highest BCUT2D eigenvalue weighted by Gasteiger charge is 2.12. The first-order chi connectivity index (χ1) is 9.70. The van der Waals surface area contributed by atoms with Gasteiger partial charge in [0.1, 0.15) is 0 Å². The highest BCUT2D eigenvalue weighted by molar-refractivity contribution is 5.64. The number of fused-ring (bicyclic) bond motifs is 1. The molecule has 3 aromatic rings. The number of benzene rings is 1. The first kappa shape index (κ1) is 12.6. The summed E-state index contributed by atoms with van der Waals surface area (Å²) in [4.78, 5) is 16.8. The highest BCUT2D eigenvalue weighted by atomic mass is 16.3. The summed E-state index contributed by atoms with van der Waals surface area (Å²) in [6, 6.07) is 11.6. The highest BCUT2D eigenvalue weighted by Crippen LogP contribution is 2.18. The van der Waals surface area contributed by atoms with Crippen molar-refractivity contribution < 1.29 is 5.11 Å². The maximum atomic E-state index is 12.4. The number of hydrogen-bond acceptors (Lipinski definition) is 3. The maximum Gasteiger partial charge on any atom is 0.276 e. The lowest BCUT2D eigenvalue weighted by Gasteiger charge is -2.02. The van der Waals surface area contributed by atoms with Gasteiger partial charge in [-0.05, 0) is 12.5 Å². The average Bonchev–Trinajstić information content (AvgIpc) is 2.88. The van der Waals surface area contributed by atoms with Gasteiger partial charge in [0, 0.05) is 30.4 Å². The summed E-state index contributed by atoms with van der Waals surface area (Å²) < 4.78 is 1.43. The molecular weight excluding hydrogens is 254 g/mol. The van der Waals surface area contributed by atoms with Crippen LogP contribution in [0.5, 0.6) is 0 Å². The predicted molar refractivity (Wildman–Crippen MR) is 76.8 cm³/mol. The van der Waals surface area contributed by atoms with Crippen LogP contribution in [0, 0.1) is 6.92 Å². The monoisotopic (exact) mass is 269 g/mol. The van der Waals surface area contributed by atoms with E-state index in [0.717, 1.165) is 11.3 Å². The van der Waals surface area contributed by atoms with Gasteiger partial charge in [-0.15, -0.1) is 0 Å². The van der Waals surface area contributed by atoms with E-state index in [1.54, 1.807) is 6.92 Å². The van der Waals surface area contributed by atoms with Crippen LogP contribution in [0.1, 0.15) is 11.3 Å². The van der Waals surface area contributed by atoms with Crippen molar-refractivity contribution in [3.05, 3.63) is 58.0 Å². The van der Waals surface area contributed by atoms with E-state index in [0.29, 0.717) is 23.3 Å². The summed E-state index contributed by atoms with van der Waals surface area (Å²) in [5.41, 5.74) is 3.50. The van der Waals surface area contributed by atoms with Gasteiger partial charge in [0.15, 0.2) is 5.65 Å². The molecule has 1 aromatic carbocycles. The van der Waals surface area contributed by atoms with Crippen LogP contribution in [0.15, 0.2) is 41.2 Å². The Labute approximate surface area is 115 Å². The molecule has 0 bridgehead atoms. The van der Waals surface area contributed by atoms with Crippen molar-refractivity contribution in [2.45, 2.75) is 13.3 Å². The third-order valence-corrected chi connectivity index (χ3v) is 3.36. The molecule has 5 heteroatoms. The van der Waals surface area contributed by atoms with E-state index in [1.807, 2.05) is 36.4 Å². The fraction of sp³-hybridized carbons (Fsp3) is 0.200. The Bertz CT molecular complexity index is 803. The molecule has 0 aliphatic heterocycles. The molecule has 2 N–H and O–H groups in total. The molecule has 3 rings (SSSR count). The van der Waals surface area contributed by atoms with E-state index in [4.69, 9.17) is 5.11 Å². The second kappa shape index (κ2) is 4.94. The Hall–Kier alpha value is -2.40. The fourth-order valence-electron chi connectivity index (χ4n) is 2.33. The molecule has 0 saturated heterocycles. The predicted octanol–water partition coefficient (Wildman–Crippen LogP) is 1.53. The minimum absolute atomic E-state index is 0.0594. The van der Waals surface area contributed by atoms with Gasteiger partial charge in [0.2, 0.25) is 0 Å². The van der Waals surface area contributed by atoms with Crippen molar-refractivity contribution in [1.29, 1.82) is 0 Å². The summed E-state index contributed by atoms with van der Waals surface area (Å²) in [6.07, 6.45) is 0.320. The van der Waals surface area contributed by atoms with Crippen molar-refractivity contribution in [3.8, 4) is 11.3 Å². The summed E-state index contributed by atoms with van der Waals surface area (Å²) >= 11 is 0. The third kappa shape index (κ3) is 2.02. The van der Waals surface area contributed by atoms with E-state index in [-0.39, 0.29) is 12.2 Å². The van der Waals surface area contributed by atoms with Crippen LogP contribution < -0.4 is 5.56 Å². The lowest BCUT2D eigenvalue weighted by Crippen LogP contribution is -2.22. The first-order valence-electron chi connectivity index (χ1n) is 6.48. The molecule has 0 amide bonds. The molecule has 102 valence electrons. The smallest absolute Gasteiger partial charge is 0.276 e. The molecule has 0 saturated carbocycles. The molecule has 0 radical (unpaired) electrons. The van der Waals surface area contributed by atoms with E-state index >= 15 is 0 Å². The van der Waals surface area contributed by atoms with Gasteiger partial charge in [0.25, 0.3) is 5.56 Å². The zero-order chi connectivity index (χ0) is 14.1. The van der Waals surface area contributed by atoms with E-state index in [2.05, 4.69) is 10.1 Å². The molecule has 0 unspecified atom stereocenters. The zero-order valence-electron chi connectivity index (χ0n) is 11.1. The fourth-order valence-corrected chi connectivity index (χ4v) is 2.33. The topological polar surface area (TPSA) is 70.4 Å². The second-order valence-electron chi connectivity index (χ2n) is 4.68. The largest absolute Gasteiger partial charge is 0.396 e. The number of aryl methyl sites for hydroxylation is 1. The van der Waals surface area contributed by atoms with Crippen LogP contribution in [0.4, 0.5) is 0 Å². The minimum Gasteiger partial charge on any atom is -0.396 e. The standard InChI is InChI=1S/C15H15N3O2/c1-10-12(7-8-19)15(20)18-14(16-10)9-13(17-18)11-5-3-2-4-6-11/h2-6,9,17,19H,7-8H2,1H3. The maximum absolute atomic E-state index is 12.4. The molecule has 0 aliphatic carbocycles. The van der Waals surface area contributed by atoms with Crippen LogP contribution in [-0.2, 0) is 6.42 Å². The third-order valence-electron chi connectivity index (χ3n) is 3.36. The van der Waals surface area contributed by atoms with Gasteiger partial charge < -0.3 is 5.11 Å². The number of aliphatic hydroxyl groups excluding tert-OH is 1. The van der Waals surface area contributed by atoms with Crippen molar-refractivity contribution in [1.82, 2.24) is 14.6 Å². The van der Waals surface area contributed by atoms with Crippen molar-refractivity contribution in [2.24, 2.45) is 0 Å². The summed E-state index contributed by atoms with van der Waals surface area (Å²) in [5.74, 6) is 0. The van der Waals surface area contributed by atoms with Crippen LogP contribution >= 0.6 is 0 Å². The molecule has 0 aliphatic rings. The SMILES string of the molecule is Cc1nc2cc(-c3ccccc3)[nH]n2c(=O)c1CCO. The summed E-state index contributed by atoms with van der Waals surface area (Å²) in [5, 5.41) is 12.1. The van der Waals surface area contributed by atoms with Gasteiger partial charge >= 0.3 is 0 Å². The van der Waals surface area contributed by atoms with Gasteiger partial charge in [-0.1, -0.05) is 30.3 Å². The average molecular weight is 269 g/mol. The zero-order valence-corrected chi connectivity index (χ0v) is 11.1. The number of hydrogen-bond donors (Lipinski definition) is 2. The normalized spacial score (nSPS) is 11.1. The summed E-state index contributed by atoms with van der Waals surface area (Å²) in [7, 11) is 0. The summed E-state index contributed by atoms with van der Waals surface area (Å²) in [6.45, 7) is 1.73. The first-order valence-corrected chi connectivity index (χ1v) is 6.48. The van der Waals surface area contributed by atoms with E-state index in [1.165, 1.54) is 4.52 Å². The Kier molecular flexibility index (Phi) is 3.12. The van der Waals surface area contributed by atoms with Crippen LogP contribution in [0.3, 0.4) is 0 Å². The van der Waals surface area contributed by atoms with Crippen LogP contribution in [-0.4, -0.2) is 26.3 Å². The molecule has 0 spiro atoms. The molecular formula is C15H15N3O2. The second-order valence-corrected chi connectivity index (χ2v) is 4.68. The molecule has 2 heterocycles. The van der Waals surface area contributed by atoms with Gasteiger partial charge in [-0.25, -0.2) is 9.50 Å². The Morgan fingerprint density at radius 1 is 1.30 bits per heavy atom. The van der Waals surface area contributed by atoms with Gasteiger partial charge in [-0.3, -0.25) is 9.89 Å². The molecule has 2 aromatic heterocycles. The minimum atomic E-state index is -0.149. The number of nitrogens with one attached hydrogen (secondary N) is 1. The Morgan fingerprint density at radius 2 is 2.05 bits per heavy atom. The number of aliphatic hydroxyl groups is 1. The number of rotatable bonds is 3. The van der Waals surface area contributed by atoms with Gasteiger partial charge in [0.05, 0.1) is 5.69 Å². The Balaban J connectivity index is 2.22. The molecule has 20 heavy (non-hydrogen) atoms. The lowest BCUT2D eigenvalue weighted by molar-refractivity contribution is 0.298. The molecule has 0 atom stereocenters. The van der Waals surface area contributed by atoms with Crippen molar-refractivity contribution in [2.75, 3.05) is 6.61 Å². The number of aromatic amines is 1. The molecule has 5 nitrogen and oxygen atoms in total. The number of aromatic nitrogens is 3.